The van der Waals surface area contributed by atoms with Crippen molar-refractivity contribution in [3.8, 4) is 0 Å². The van der Waals surface area contributed by atoms with E-state index in [0.29, 0.717) is 45.1 Å². The number of hydrogen-bond acceptors (Lipinski definition) is 4. The van der Waals surface area contributed by atoms with Crippen LogP contribution in [-0.4, -0.2) is 60.0 Å². The van der Waals surface area contributed by atoms with Gasteiger partial charge in [0.2, 0.25) is 11.8 Å². The predicted molar refractivity (Wildman–Crippen MR) is 91.8 cm³/mol. The minimum absolute atomic E-state index is 0.129. The Bertz CT molecular complexity index is 606. The second-order valence-corrected chi connectivity index (χ2v) is 8.33. The zero-order chi connectivity index (χ0) is 16.6. The summed E-state index contributed by atoms with van der Waals surface area (Å²) in [7, 11) is 0. The average molecular weight is 348 g/mol. The van der Waals surface area contributed by atoms with Crippen molar-refractivity contribution in [3.63, 3.8) is 0 Å². The molecule has 1 saturated carbocycles. The largest absolute Gasteiger partial charge is 0.379 e. The van der Waals surface area contributed by atoms with Gasteiger partial charge in [-0.1, -0.05) is 6.07 Å². The Hall–Kier alpha value is -1.40. The molecule has 2 saturated heterocycles. The summed E-state index contributed by atoms with van der Waals surface area (Å²) in [5, 5.41) is 2.00. The van der Waals surface area contributed by atoms with Crippen molar-refractivity contribution in [2.75, 3.05) is 32.8 Å². The van der Waals surface area contributed by atoms with Gasteiger partial charge in [0.15, 0.2) is 0 Å². The second-order valence-electron chi connectivity index (χ2n) is 7.30. The third kappa shape index (κ3) is 3.22. The third-order valence-electron chi connectivity index (χ3n) is 5.43. The van der Waals surface area contributed by atoms with Gasteiger partial charge in [-0.25, -0.2) is 0 Å². The van der Waals surface area contributed by atoms with E-state index in [1.54, 1.807) is 11.3 Å². The van der Waals surface area contributed by atoms with Crippen LogP contribution in [0.4, 0.5) is 0 Å². The molecular weight excluding hydrogens is 324 g/mol. The van der Waals surface area contributed by atoms with Crippen molar-refractivity contribution in [2.24, 2.45) is 5.92 Å². The topological polar surface area (TPSA) is 49.9 Å². The SMILES string of the molecule is O=C(Cc1cccs1)N1CCC(=O)N(CC2CC2)C2(CCOC2)C1. The van der Waals surface area contributed by atoms with Gasteiger partial charge in [-0.05, 0) is 36.6 Å². The Morgan fingerprint density at radius 1 is 1.42 bits per heavy atom. The molecule has 4 rings (SSSR count). The van der Waals surface area contributed by atoms with Crippen molar-refractivity contribution in [1.82, 2.24) is 9.80 Å². The molecule has 6 heteroatoms. The van der Waals surface area contributed by atoms with Crippen LogP contribution < -0.4 is 0 Å². The second kappa shape index (κ2) is 6.48. The van der Waals surface area contributed by atoms with Crippen LogP contribution in [0.15, 0.2) is 17.5 Å². The normalized spacial score (nSPS) is 27.8. The molecule has 1 unspecified atom stereocenters. The highest BCUT2D eigenvalue weighted by Gasteiger charge is 2.48. The van der Waals surface area contributed by atoms with Crippen molar-refractivity contribution in [2.45, 2.75) is 37.6 Å². The zero-order valence-corrected chi connectivity index (χ0v) is 14.7. The molecular formula is C18H24N2O3S. The molecule has 0 N–H and O–H groups in total. The van der Waals surface area contributed by atoms with Crippen LogP contribution in [-0.2, 0) is 20.7 Å². The van der Waals surface area contributed by atoms with Crippen LogP contribution >= 0.6 is 11.3 Å². The van der Waals surface area contributed by atoms with Crippen LogP contribution in [0.25, 0.3) is 0 Å². The Balaban J connectivity index is 1.53. The zero-order valence-electron chi connectivity index (χ0n) is 13.9. The van der Waals surface area contributed by atoms with Gasteiger partial charge < -0.3 is 14.5 Å². The van der Waals surface area contributed by atoms with E-state index < -0.39 is 0 Å². The van der Waals surface area contributed by atoms with Crippen molar-refractivity contribution in [3.05, 3.63) is 22.4 Å². The first kappa shape index (κ1) is 16.1. The molecule has 130 valence electrons. The van der Waals surface area contributed by atoms with Gasteiger partial charge in [-0.2, -0.15) is 0 Å². The fourth-order valence-electron chi connectivity index (χ4n) is 3.82. The Morgan fingerprint density at radius 3 is 2.96 bits per heavy atom. The van der Waals surface area contributed by atoms with Crippen molar-refractivity contribution >= 4 is 23.2 Å². The molecule has 0 aromatic carbocycles. The minimum Gasteiger partial charge on any atom is -0.379 e. The number of thiophene rings is 1. The molecule has 1 atom stereocenters. The molecule has 2 aliphatic heterocycles. The van der Waals surface area contributed by atoms with E-state index in [2.05, 4.69) is 4.90 Å². The standard InChI is InChI=1S/C18H24N2O3S/c21-16-5-7-19(17(22)10-15-2-1-9-24-15)12-18(6-8-23-13-18)20(16)11-14-3-4-14/h1-2,9,14H,3-8,10-13H2. The van der Waals surface area contributed by atoms with Crippen LogP contribution in [0, 0.1) is 5.92 Å². The van der Waals surface area contributed by atoms with Gasteiger partial charge in [0.1, 0.15) is 0 Å². The first-order chi connectivity index (χ1) is 11.7. The van der Waals surface area contributed by atoms with E-state index in [1.165, 1.54) is 12.8 Å². The van der Waals surface area contributed by atoms with Crippen LogP contribution in [0.3, 0.4) is 0 Å². The predicted octanol–water partition coefficient (Wildman–Crippen LogP) is 1.92. The van der Waals surface area contributed by atoms with Gasteiger partial charge in [-0.3, -0.25) is 9.59 Å². The van der Waals surface area contributed by atoms with E-state index in [4.69, 9.17) is 4.74 Å². The van der Waals surface area contributed by atoms with E-state index in [9.17, 15) is 9.59 Å². The lowest BCUT2D eigenvalue weighted by Crippen LogP contribution is -2.57. The molecule has 24 heavy (non-hydrogen) atoms. The molecule has 5 nitrogen and oxygen atoms in total. The summed E-state index contributed by atoms with van der Waals surface area (Å²) in [5.74, 6) is 0.975. The molecule has 3 heterocycles. The summed E-state index contributed by atoms with van der Waals surface area (Å²) >= 11 is 1.61. The molecule has 2 amide bonds. The average Bonchev–Trinajstić information content (AvgIpc) is 3.06. The van der Waals surface area contributed by atoms with Gasteiger partial charge >= 0.3 is 0 Å². The number of amides is 2. The molecule has 0 bridgehead atoms. The Morgan fingerprint density at radius 2 is 2.29 bits per heavy atom. The van der Waals surface area contributed by atoms with E-state index in [0.717, 1.165) is 17.8 Å². The molecule has 1 aromatic heterocycles. The highest BCUT2D eigenvalue weighted by atomic mass is 32.1. The minimum atomic E-state index is -0.304. The summed E-state index contributed by atoms with van der Waals surface area (Å²) in [6, 6.07) is 3.97. The lowest BCUT2D eigenvalue weighted by atomic mass is 9.95. The number of carbonyl (C=O) groups is 2. The Labute approximate surface area is 146 Å². The van der Waals surface area contributed by atoms with E-state index >= 15 is 0 Å². The third-order valence-corrected chi connectivity index (χ3v) is 6.31. The first-order valence-electron chi connectivity index (χ1n) is 8.85. The molecule has 1 aromatic rings. The van der Waals surface area contributed by atoms with E-state index in [1.807, 2.05) is 22.4 Å². The fourth-order valence-corrected chi connectivity index (χ4v) is 4.52. The quantitative estimate of drug-likeness (QED) is 0.835. The van der Waals surface area contributed by atoms with Gasteiger partial charge in [0, 0.05) is 37.5 Å². The number of carbonyl (C=O) groups excluding carboxylic acids is 2. The molecule has 3 fully saturated rings. The van der Waals surface area contributed by atoms with Crippen molar-refractivity contribution in [1.29, 1.82) is 0 Å². The Kier molecular flexibility index (Phi) is 4.35. The maximum Gasteiger partial charge on any atom is 0.227 e. The van der Waals surface area contributed by atoms with Crippen LogP contribution in [0.2, 0.25) is 0 Å². The number of hydrogen-bond donors (Lipinski definition) is 0. The lowest BCUT2D eigenvalue weighted by molar-refractivity contribution is -0.138. The summed E-state index contributed by atoms with van der Waals surface area (Å²) < 4.78 is 5.68. The van der Waals surface area contributed by atoms with Crippen LogP contribution in [0.1, 0.15) is 30.6 Å². The number of nitrogens with zero attached hydrogens (tertiary/aromatic N) is 2. The number of ether oxygens (including phenoxy) is 1. The maximum atomic E-state index is 12.8. The monoisotopic (exact) mass is 348 g/mol. The molecule has 1 aliphatic carbocycles. The van der Waals surface area contributed by atoms with Crippen molar-refractivity contribution < 1.29 is 14.3 Å². The molecule has 0 radical (unpaired) electrons. The van der Waals surface area contributed by atoms with Gasteiger partial charge in [-0.15, -0.1) is 11.3 Å². The number of rotatable bonds is 4. The van der Waals surface area contributed by atoms with Gasteiger partial charge in [0.05, 0.1) is 18.6 Å². The maximum absolute atomic E-state index is 12.8. The highest BCUT2D eigenvalue weighted by molar-refractivity contribution is 7.10. The fraction of sp³-hybridized carbons (Fsp3) is 0.667. The molecule has 3 aliphatic rings. The first-order valence-corrected chi connectivity index (χ1v) is 9.73. The smallest absolute Gasteiger partial charge is 0.227 e. The summed E-state index contributed by atoms with van der Waals surface area (Å²) in [4.78, 5) is 30.6. The van der Waals surface area contributed by atoms with Crippen LogP contribution in [0.5, 0.6) is 0 Å². The highest BCUT2D eigenvalue weighted by Crippen LogP contribution is 2.37. The van der Waals surface area contributed by atoms with Gasteiger partial charge in [0.25, 0.3) is 0 Å². The summed E-state index contributed by atoms with van der Waals surface area (Å²) in [6.07, 6.45) is 4.16. The van der Waals surface area contributed by atoms with E-state index in [-0.39, 0.29) is 17.4 Å². The molecule has 1 spiro atoms. The summed E-state index contributed by atoms with van der Waals surface area (Å²) in [6.45, 7) is 3.24. The lowest BCUT2D eigenvalue weighted by Gasteiger charge is -2.40. The summed E-state index contributed by atoms with van der Waals surface area (Å²) in [5.41, 5.74) is -0.304.